The Labute approximate surface area is 154 Å². The van der Waals surface area contributed by atoms with E-state index in [0.717, 1.165) is 30.5 Å². The van der Waals surface area contributed by atoms with Gasteiger partial charge in [0, 0.05) is 31.5 Å². The molecule has 7 heteroatoms. The number of nitrogens with one attached hydrogen (secondary N) is 1. The van der Waals surface area contributed by atoms with Gasteiger partial charge < -0.3 is 5.32 Å². The molecule has 1 saturated heterocycles. The first-order valence-corrected chi connectivity index (χ1v) is 10.2. The lowest BCUT2D eigenvalue weighted by Crippen LogP contribution is -2.35. The zero-order chi connectivity index (χ0) is 18.6. The fourth-order valence-electron chi connectivity index (χ4n) is 2.96. The molecule has 1 aliphatic heterocycles. The lowest BCUT2D eigenvalue weighted by Gasteiger charge is -2.26. The monoisotopic (exact) mass is 373 g/mol. The highest BCUT2D eigenvalue weighted by atomic mass is 32.2. The maximum Gasteiger partial charge on any atom is 0.253 e. The number of carbonyl (C=O) groups excluding carboxylic acids is 1. The Balaban J connectivity index is 1.69. The van der Waals surface area contributed by atoms with Crippen LogP contribution in [0.4, 0.5) is 0 Å². The molecule has 138 valence electrons. The van der Waals surface area contributed by atoms with E-state index >= 15 is 0 Å². The molecule has 1 N–H and O–H groups in total. The van der Waals surface area contributed by atoms with Gasteiger partial charge in [-0.2, -0.15) is 4.31 Å². The molecule has 1 amide bonds. The van der Waals surface area contributed by atoms with Crippen molar-refractivity contribution >= 4 is 15.9 Å². The van der Waals surface area contributed by atoms with Gasteiger partial charge in [0.15, 0.2) is 0 Å². The highest BCUT2D eigenvalue weighted by molar-refractivity contribution is 7.89. The summed E-state index contributed by atoms with van der Waals surface area (Å²) in [5, 5.41) is 2.81. The van der Waals surface area contributed by atoms with Crippen LogP contribution in [-0.4, -0.2) is 36.7 Å². The van der Waals surface area contributed by atoms with Crippen molar-refractivity contribution in [3.8, 4) is 0 Å². The van der Waals surface area contributed by atoms with Gasteiger partial charge in [0.2, 0.25) is 10.0 Å². The average molecular weight is 373 g/mol. The summed E-state index contributed by atoms with van der Waals surface area (Å²) >= 11 is 0. The number of nitrogens with zero attached hydrogens (tertiary/aromatic N) is 2. The molecule has 2 aromatic rings. The van der Waals surface area contributed by atoms with Gasteiger partial charge in [-0.25, -0.2) is 8.42 Å². The number of benzene rings is 1. The van der Waals surface area contributed by atoms with E-state index in [-0.39, 0.29) is 17.3 Å². The van der Waals surface area contributed by atoms with E-state index < -0.39 is 10.0 Å². The maximum atomic E-state index is 12.8. The SMILES string of the molecule is Cc1ccc(C(=O)NCc2cccc(S(=O)(=O)N3CCCCC3)c2)cn1. The van der Waals surface area contributed by atoms with Crippen LogP contribution in [0.1, 0.15) is 40.9 Å². The van der Waals surface area contributed by atoms with Gasteiger partial charge in [-0.1, -0.05) is 18.6 Å². The van der Waals surface area contributed by atoms with Crippen LogP contribution in [0.25, 0.3) is 0 Å². The predicted octanol–water partition coefficient (Wildman–Crippen LogP) is 2.49. The van der Waals surface area contributed by atoms with E-state index in [2.05, 4.69) is 10.3 Å². The van der Waals surface area contributed by atoms with Crippen molar-refractivity contribution in [3.63, 3.8) is 0 Å². The van der Waals surface area contributed by atoms with Gasteiger partial charge in [0.05, 0.1) is 10.5 Å². The third-order valence-electron chi connectivity index (χ3n) is 4.48. The number of aryl methyl sites for hydroxylation is 1. The van der Waals surface area contributed by atoms with Crippen molar-refractivity contribution in [2.75, 3.05) is 13.1 Å². The third-order valence-corrected chi connectivity index (χ3v) is 6.37. The second-order valence-electron chi connectivity index (χ2n) is 6.48. The highest BCUT2D eigenvalue weighted by Crippen LogP contribution is 2.21. The van der Waals surface area contributed by atoms with Crippen LogP contribution < -0.4 is 5.32 Å². The molecule has 0 atom stereocenters. The first-order chi connectivity index (χ1) is 12.5. The van der Waals surface area contributed by atoms with E-state index in [0.29, 0.717) is 18.7 Å². The minimum absolute atomic E-state index is 0.234. The molecule has 0 unspecified atom stereocenters. The summed E-state index contributed by atoms with van der Waals surface area (Å²) in [7, 11) is -3.47. The van der Waals surface area contributed by atoms with Crippen LogP contribution in [-0.2, 0) is 16.6 Å². The summed E-state index contributed by atoms with van der Waals surface area (Å²) in [6.45, 7) is 3.26. The van der Waals surface area contributed by atoms with Crippen LogP contribution in [0.5, 0.6) is 0 Å². The Bertz CT molecular complexity index is 873. The lowest BCUT2D eigenvalue weighted by molar-refractivity contribution is 0.0950. The van der Waals surface area contributed by atoms with Crippen LogP contribution in [0.3, 0.4) is 0 Å². The molecule has 1 aromatic carbocycles. The Hall–Kier alpha value is -2.25. The Kier molecular flexibility index (Phi) is 5.68. The van der Waals surface area contributed by atoms with Crippen molar-refractivity contribution in [3.05, 3.63) is 59.4 Å². The standard InChI is InChI=1S/C19H23N3O3S/c1-15-8-9-17(14-20-15)19(23)21-13-16-6-5-7-18(12-16)26(24,25)22-10-3-2-4-11-22/h5-9,12,14H,2-4,10-11,13H2,1H3,(H,21,23). The van der Waals surface area contributed by atoms with E-state index in [4.69, 9.17) is 0 Å². The van der Waals surface area contributed by atoms with Crippen molar-refractivity contribution in [2.45, 2.75) is 37.6 Å². The molecular weight excluding hydrogens is 350 g/mol. The molecule has 0 radical (unpaired) electrons. The average Bonchev–Trinajstić information content (AvgIpc) is 2.67. The number of rotatable bonds is 5. The predicted molar refractivity (Wildman–Crippen MR) is 99.2 cm³/mol. The molecule has 1 fully saturated rings. The normalized spacial score (nSPS) is 15.6. The van der Waals surface area contributed by atoms with E-state index in [1.54, 1.807) is 34.6 Å². The first-order valence-electron chi connectivity index (χ1n) is 8.77. The Morgan fingerprint density at radius 2 is 1.92 bits per heavy atom. The Morgan fingerprint density at radius 3 is 2.62 bits per heavy atom. The largest absolute Gasteiger partial charge is 0.348 e. The number of pyridine rings is 1. The molecule has 26 heavy (non-hydrogen) atoms. The van der Waals surface area contributed by atoms with Crippen molar-refractivity contribution < 1.29 is 13.2 Å². The molecular formula is C19H23N3O3S. The first kappa shape index (κ1) is 18.5. The van der Waals surface area contributed by atoms with Crippen LogP contribution >= 0.6 is 0 Å². The smallest absolute Gasteiger partial charge is 0.253 e. The van der Waals surface area contributed by atoms with E-state index in [1.807, 2.05) is 13.0 Å². The molecule has 0 saturated carbocycles. The summed E-state index contributed by atoms with van der Waals surface area (Å²) in [6.07, 6.45) is 4.41. The summed E-state index contributed by atoms with van der Waals surface area (Å²) in [4.78, 5) is 16.6. The molecule has 1 aromatic heterocycles. The zero-order valence-electron chi connectivity index (χ0n) is 14.8. The van der Waals surface area contributed by atoms with Gasteiger partial charge >= 0.3 is 0 Å². The summed E-state index contributed by atoms with van der Waals surface area (Å²) < 4.78 is 27.1. The summed E-state index contributed by atoms with van der Waals surface area (Å²) in [5.41, 5.74) is 2.07. The fourth-order valence-corrected chi connectivity index (χ4v) is 4.54. The number of hydrogen-bond acceptors (Lipinski definition) is 4. The lowest BCUT2D eigenvalue weighted by atomic mass is 10.2. The summed E-state index contributed by atoms with van der Waals surface area (Å²) in [6, 6.07) is 10.3. The highest BCUT2D eigenvalue weighted by Gasteiger charge is 2.25. The number of hydrogen-bond donors (Lipinski definition) is 1. The molecule has 1 aliphatic rings. The molecule has 2 heterocycles. The van der Waals surface area contributed by atoms with Crippen LogP contribution in [0.15, 0.2) is 47.5 Å². The number of piperidine rings is 1. The quantitative estimate of drug-likeness (QED) is 0.873. The maximum absolute atomic E-state index is 12.8. The number of carbonyl (C=O) groups is 1. The topological polar surface area (TPSA) is 79.4 Å². The number of amides is 1. The van der Waals surface area contributed by atoms with Gasteiger partial charge in [0.1, 0.15) is 0 Å². The minimum atomic E-state index is -3.47. The molecule has 0 aliphatic carbocycles. The van der Waals surface area contributed by atoms with Crippen LogP contribution in [0.2, 0.25) is 0 Å². The Morgan fingerprint density at radius 1 is 1.15 bits per heavy atom. The second kappa shape index (κ2) is 7.97. The molecule has 0 spiro atoms. The van der Waals surface area contributed by atoms with E-state index in [9.17, 15) is 13.2 Å². The molecule has 3 rings (SSSR count). The van der Waals surface area contributed by atoms with Gasteiger partial charge in [0.25, 0.3) is 5.91 Å². The zero-order valence-corrected chi connectivity index (χ0v) is 15.6. The van der Waals surface area contributed by atoms with E-state index in [1.165, 1.54) is 6.20 Å². The number of aromatic nitrogens is 1. The minimum Gasteiger partial charge on any atom is -0.348 e. The van der Waals surface area contributed by atoms with Crippen molar-refractivity contribution in [1.29, 1.82) is 0 Å². The van der Waals surface area contributed by atoms with Gasteiger partial charge in [-0.15, -0.1) is 0 Å². The number of sulfonamides is 1. The van der Waals surface area contributed by atoms with Gasteiger partial charge in [-0.3, -0.25) is 9.78 Å². The third kappa shape index (κ3) is 4.28. The van der Waals surface area contributed by atoms with Crippen LogP contribution in [0, 0.1) is 6.92 Å². The molecule has 0 bridgehead atoms. The van der Waals surface area contributed by atoms with Gasteiger partial charge in [-0.05, 0) is 49.6 Å². The summed E-state index contributed by atoms with van der Waals surface area (Å²) in [5.74, 6) is -0.234. The second-order valence-corrected chi connectivity index (χ2v) is 8.42. The van der Waals surface area contributed by atoms with Crippen molar-refractivity contribution in [2.24, 2.45) is 0 Å². The van der Waals surface area contributed by atoms with Crippen molar-refractivity contribution in [1.82, 2.24) is 14.6 Å². The fraction of sp³-hybridized carbons (Fsp3) is 0.368. The molecule has 6 nitrogen and oxygen atoms in total.